The summed E-state index contributed by atoms with van der Waals surface area (Å²) in [5.74, 6) is 0.149. The number of hydrogen-bond acceptors (Lipinski definition) is 3. The van der Waals surface area contributed by atoms with E-state index < -0.39 is 5.60 Å². The van der Waals surface area contributed by atoms with Crippen molar-refractivity contribution in [2.45, 2.75) is 45.3 Å². The van der Waals surface area contributed by atoms with Crippen LogP contribution in [-0.2, 0) is 4.79 Å². The van der Waals surface area contributed by atoms with Crippen molar-refractivity contribution < 1.29 is 9.90 Å². The van der Waals surface area contributed by atoms with Crippen molar-refractivity contribution >= 4 is 5.91 Å². The number of carbonyl (C=O) groups is 1. The molecule has 2 heterocycles. The van der Waals surface area contributed by atoms with Gasteiger partial charge in [0.15, 0.2) is 0 Å². The Kier molecular flexibility index (Phi) is 2.75. The van der Waals surface area contributed by atoms with E-state index in [9.17, 15) is 9.90 Å². The maximum atomic E-state index is 12.2. The zero-order valence-electron chi connectivity index (χ0n) is 10.4. The molecule has 1 atom stereocenters. The first-order chi connectivity index (χ1) is 7.32. The number of piperidine rings is 1. The number of rotatable bonds is 1. The lowest BCUT2D eigenvalue weighted by atomic mass is 9.76. The number of carbonyl (C=O) groups excluding carboxylic acids is 1. The van der Waals surface area contributed by atoms with Crippen molar-refractivity contribution in [3.05, 3.63) is 0 Å². The molecule has 0 aromatic carbocycles. The molecule has 4 heteroatoms. The van der Waals surface area contributed by atoms with Gasteiger partial charge < -0.3 is 15.3 Å². The lowest BCUT2D eigenvalue weighted by Gasteiger charge is -2.48. The van der Waals surface area contributed by atoms with Gasteiger partial charge in [-0.3, -0.25) is 4.79 Å². The van der Waals surface area contributed by atoms with Crippen molar-refractivity contribution in [3.63, 3.8) is 0 Å². The second-order valence-electron chi connectivity index (χ2n) is 6.17. The van der Waals surface area contributed by atoms with Gasteiger partial charge in [0.25, 0.3) is 0 Å². The molecule has 0 radical (unpaired) electrons. The zero-order chi connectivity index (χ0) is 12.0. The molecule has 4 nitrogen and oxygen atoms in total. The van der Waals surface area contributed by atoms with Crippen LogP contribution < -0.4 is 5.32 Å². The summed E-state index contributed by atoms with van der Waals surface area (Å²) in [6, 6.07) is -0.0858. The molecule has 2 N–H and O–H groups in total. The molecule has 2 saturated heterocycles. The van der Waals surface area contributed by atoms with Crippen molar-refractivity contribution in [1.82, 2.24) is 10.2 Å². The predicted molar refractivity (Wildman–Crippen MR) is 62.0 cm³/mol. The summed E-state index contributed by atoms with van der Waals surface area (Å²) < 4.78 is 0. The third-order valence-electron chi connectivity index (χ3n) is 3.75. The molecule has 0 saturated carbocycles. The fraction of sp³-hybridized carbons (Fsp3) is 0.917. The zero-order valence-corrected chi connectivity index (χ0v) is 10.4. The first-order valence-electron chi connectivity index (χ1n) is 6.06. The maximum Gasteiger partial charge on any atom is 0.240 e. The minimum absolute atomic E-state index is 0.0246. The van der Waals surface area contributed by atoms with Crippen LogP contribution >= 0.6 is 0 Å². The van der Waals surface area contributed by atoms with E-state index >= 15 is 0 Å². The number of nitrogens with zero attached hydrogens (tertiary/aromatic N) is 1. The molecule has 2 rings (SSSR count). The first kappa shape index (κ1) is 11.9. The molecule has 1 unspecified atom stereocenters. The van der Waals surface area contributed by atoms with E-state index in [0.717, 1.165) is 19.4 Å². The molecule has 2 aliphatic heterocycles. The fourth-order valence-electron chi connectivity index (χ4n) is 2.75. The third-order valence-corrected chi connectivity index (χ3v) is 3.75. The Labute approximate surface area is 97.0 Å². The highest BCUT2D eigenvalue weighted by Gasteiger charge is 2.45. The minimum Gasteiger partial charge on any atom is -0.386 e. The van der Waals surface area contributed by atoms with Gasteiger partial charge in [0.1, 0.15) is 0 Å². The minimum atomic E-state index is -0.672. The monoisotopic (exact) mass is 226 g/mol. The summed E-state index contributed by atoms with van der Waals surface area (Å²) in [6.07, 6.45) is 2.22. The number of β-amino-alcohol motifs (C(OH)–C–C–N with tert-alkyl or cyclic N) is 1. The van der Waals surface area contributed by atoms with Crippen LogP contribution in [0.15, 0.2) is 0 Å². The van der Waals surface area contributed by atoms with Gasteiger partial charge in [-0.05, 0) is 31.7 Å². The summed E-state index contributed by atoms with van der Waals surface area (Å²) >= 11 is 0. The Hall–Kier alpha value is -0.610. The third kappa shape index (κ3) is 2.09. The van der Waals surface area contributed by atoms with E-state index in [0.29, 0.717) is 13.1 Å². The van der Waals surface area contributed by atoms with Crippen LogP contribution in [0.4, 0.5) is 0 Å². The average Bonchev–Trinajstić information content (AvgIpc) is 2.12. The molecule has 0 bridgehead atoms. The van der Waals surface area contributed by atoms with E-state index in [-0.39, 0.29) is 17.4 Å². The molecule has 0 spiro atoms. The molecule has 2 fully saturated rings. The van der Waals surface area contributed by atoms with Gasteiger partial charge in [0.05, 0.1) is 24.7 Å². The standard InChI is InChI=1S/C12H22N2O2/c1-11(2)5-4-6-13-9(11)10(15)14-7-12(3,16)8-14/h9,13,16H,4-8H2,1-3H3. The van der Waals surface area contributed by atoms with Crippen LogP contribution in [0.3, 0.4) is 0 Å². The molecular weight excluding hydrogens is 204 g/mol. The van der Waals surface area contributed by atoms with Crippen LogP contribution in [0, 0.1) is 5.41 Å². The Balaban J connectivity index is 1.99. The lowest BCUT2D eigenvalue weighted by Crippen LogP contribution is -2.67. The molecule has 1 amide bonds. The van der Waals surface area contributed by atoms with Crippen LogP contribution in [0.1, 0.15) is 33.6 Å². The smallest absolute Gasteiger partial charge is 0.240 e. The highest BCUT2D eigenvalue weighted by Crippen LogP contribution is 2.32. The second kappa shape index (κ2) is 3.70. The summed E-state index contributed by atoms with van der Waals surface area (Å²) in [4.78, 5) is 14.0. The summed E-state index contributed by atoms with van der Waals surface area (Å²) in [6.45, 7) is 7.92. The van der Waals surface area contributed by atoms with E-state index in [1.165, 1.54) is 0 Å². The van der Waals surface area contributed by atoms with Gasteiger partial charge in [-0.1, -0.05) is 13.8 Å². The van der Waals surface area contributed by atoms with Crippen LogP contribution in [0.2, 0.25) is 0 Å². The molecule has 0 aliphatic carbocycles. The summed E-state index contributed by atoms with van der Waals surface area (Å²) in [7, 11) is 0. The van der Waals surface area contributed by atoms with Gasteiger partial charge in [-0.15, -0.1) is 0 Å². The summed E-state index contributed by atoms with van der Waals surface area (Å²) in [5.41, 5.74) is -0.648. The molecule has 0 aromatic heterocycles. The van der Waals surface area contributed by atoms with Gasteiger partial charge in [-0.25, -0.2) is 0 Å². The SMILES string of the molecule is CC1(O)CN(C(=O)C2NCCCC2(C)C)C1. The van der Waals surface area contributed by atoms with Gasteiger partial charge in [-0.2, -0.15) is 0 Å². The highest BCUT2D eigenvalue weighted by atomic mass is 16.3. The maximum absolute atomic E-state index is 12.2. The van der Waals surface area contributed by atoms with Crippen LogP contribution in [0.5, 0.6) is 0 Å². The van der Waals surface area contributed by atoms with Gasteiger partial charge in [0, 0.05) is 0 Å². The van der Waals surface area contributed by atoms with E-state index in [2.05, 4.69) is 19.2 Å². The average molecular weight is 226 g/mol. The topological polar surface area (TPSA) is 52.6 Å². The fourth-order valence-corrected chi connectivity index (χ4v) is 2.75. The van der Waals surface area contributed by atoms with Crippen molar-refractivity contribution in [2.24, 2.45) is 5.41 Å². The number of aliphatic hydroxyl groups is 1. The molecule has 92 valence electrons. The molecule has 0 aromatic rings. The van der Waals surface area contributed by atoms with Crippen molar-refractivity contribution in [1.29, 1.82) is 0 Å². The Morgan fingerprint density at radius 1 is 1.38 bits per heavy atom. The normalized spacial score (nSPS) is 32.0. The Morgan fingerprint density at radius 2 is 2.00 bits per heavy atom. The highest BCUT2D eigenvalue weighted by molar-refractivity contribution is 5.84. The number of amides is 1. The summed E-state index contributed by atoms with van der Waals surface area (Å²) in [5, 5.41) is 13.0. The van der Waals surface area contributed by atoms with Crippen LogP contribution in [0.25, 0.3) is 0 Å². The van der Waals surface area contributed by atoms with E-state index in [1.807, 2.05) is 0 Å². The predicted octanol–water partition coefficient (Wildman–Crippen LogP) is 0.358. The second-order valence-corrected chi connectivity index (χ2v) is 6.17. The first-order valence-corrected chi connectivity index (χ1v) is 6.06. The number of hydrogen-bond donors (Lipinski definition) is 2. The molecule has 2 aliphatic rings. The molecule has 16 heavy (non-hydrogen) atoms. The Morgan fingerprint density at radius 3 is 2.50 bits per heavy atom. The van der Waals surface area contributed by atoms with Gasteiger partial charge >= 0.3 is 0 Å². The number of nitrogens with one attached hydrogen (secondary N) is 1. The van der Waals surface area contributed by atoms with E-state index in [4.69, 9.17) is 0 Å². The van der Waals surface area contributed by atoms with Crippen LogP contribution in [-0.4, -0.2) is 47.2 Å². The largest absolute Gasteiger partial charge is 0.386 e. The number of likely N-dealkylation sites (tertiary alicyclic amines) is 1. The van der Waals surface area contributed by atoms with Crippen molar-refractivity contribution in [2.75, 3.05) is 19.6 Å². The molecular formula is C12H22N2O2. The van der Waals surface area contributed by atoms with E-state index in [1.54, 1.807) is 11.8 Å². The quantitative estimate of drug-likeness (QED) is 0.678. The van der Waals surface area contributed by atoms with Crippen molar-refractivity contribution in [3.8, 4) is 0 Å². The Bertz CT molecular complexity index is 291. The lowest BCUT2D eigenvalue weighted by molar-refractivity contribution is -0.158. The van der Waals surface area contributed by atoms with Gasteiger partial charge in [0.2, 0.25) is 5.91 Å².